The number of nitrogens with zero attached hydrogens (tertiary/aromatic N) is 1. The minimum atomic E-state index is -3.81. The third kappa shape index (κ3) is 3.67. The predicted molar refractivity (Wildman–Crippen MR) is 97.7 cm³/mol. The molecule has 0 unspecified atom stereocenters. The lowest BCUT2D eigenvalue weighted by Crippen LogP contribution is -2.18. The van der Waals surface area contributed by atoms with Gasteiger partial charge in [-0.25, -0.2) is 12.4 Å². The number of aryl methyl sites for hydroxylation is 1. The second kappa shape index (κ2) is 6.86. The Morgan fingerprint density at radius 2 is 1.64 bits per heavy atom. The standard InChI is InChI=1S/C19H16ClNO3S/c1-14-4-10-17(11-5-14)25(23,24)21-12-2-3-18(21)19(22)13-15-6-8-16(20)9-7-15/h2-12H,13H2,1H3. The van der Waals surface area contributed by atoms with E-state index in [1.807, 2.05) is 6.92 Å². The van der Waals surface area contributed by atoms with Crippen molar-refractivity contribution in [1.82, 2.24) is 3.97 Å². The molecule has 128 valence electrons. The van der Waals surface area contributed by atoms with Gasteiger partial charge in [0, 0.05) is 17.6 Å². The normalized spacial score (nSPS) is 11.4. The molecule has 0 fully saturated rings. The number of ketones is 1. The van der Waals surface area contributed by atoms with Crippen LogP contribution in [0.15, 0.2) is 71.8 Å². The van der Waals surface area contributed by atoms with Crippen LogP contribution in [0, 0.1) is 6.92 Å². The molecular formula is C19H16ClNO3S. The predicted octanol–water partition coefficient (Wildman–Crippen LogP) is 4.11. The van der Waals surface area contributed by atoms with Crippen molar-refractivity contribution in [2.24, 2.45) is 0 Å². The minimum Gasteiger partial charge on any atom is -0.292 e. The molecular weight excluding hydrogens is 358 g/mol. The molecule has 3 rings (SSSR count). The maximum absolute atomic E-state index is 12.8. The highest BCUT2D eigenvalue weighted by molar-refractivity contribution is 7.90. The molecule has 0 radical (unpaired) electrons. The number of halogens is 1. The van der Waals surface area contributed by atoms with Crippen LogP contribution in [0.5, 0.6) is 0 Å². The van der Waals surface area contributed by atoms with Crippen LogP contribution < -0.4 is 0 Å². The number of benzene rings is 2. The number of carbonyl (C=O) groups excluding carboxylic acids is 1. The van der Waals surface area contributed by atoms with Crippen molar-refractivity contribution in [3.63, 3.8) is 0 Å². The summed E-state index contributed by atoms with van der Waals surface area (Å²) < 4.78 is 26.7. The van der Waals surface area contributed by atoms with E-state index in [0.717, 1.165) is 15.1 Å². The van der Waals surface area contributed by atoms with Crippen molar-refractivity contribution >= 4 is 27.4 Å². The Hall–Kier alpha value is -2.37. The first-order valence-corrected chi connectivity index (χ1v) is 9.47. The Kier molecular flexibility index (Phi) is 4.79. The lowest BCUT2D eigenvalue weighted by atomic mass is 10.1. The van der Waals surface area contributed by atoms with Crippen LogP contribution in [0.4, 0.5) is 0 Å². The fourth-order valence-electron chi connectivity index (χ4n) is 2.49. The molecule has 25 heavy (non-hydrogen) atoms. The van der Waals surface area contributed by atoms with E-state index in [1.165, 1.54) is 24.4 Å². The van der Waals surface area contributed by atoms with Crippen LogP contribution in [0.3, 0.4) is 0 Å². The van der Waals surface area contributed by atoms with Gasteiger partial charge in [0.1, 0.15) is 5.69 Å². The highest BCUT2D eigenvalue weighted by atomic mass is 35.5. The van der Waals surface area contributed by atoms with Crippen LogP contribution >= 0.6 is 11.6 Å². The fraction of sp³-hybridized carbons (Fsp3) is 0.105. The molecule has 1 heterocycles. The largest absolute Gasteiger partial charge is 0.292 e. The number of carbonyl (C=O) groups is 1. The first kappa shape index (κ1) is 17.5. The van der Waals surface area contributed by atoms with E-state index < -0.39 is 10.0 Å². The molecule has 2 aromatic carbocycles. The number of aromatic nitrogens is 1. The van der Waals surface area contributed by atoms with Gasteiger partial charge in [0.25, 0.3) is 10.0 Å². The average molecular weight is 374 g/mol. The summed E-state index contributed by atoms with van der Waals surface area (Å²) in [6.07, 6.45) is 1.49. The van der Waals surface area contributed by atoms with Crippen molar-refractivity contribution < 1.29 is 13.2 Å². The summed E-state index contributed by atoms with van der Waals surface area (Å²) in [6.45, 7) is 1.88. The van der Waals surface area contributed by atoms with Crippen LogP contribution in [0.25, 0.3) is 0 Å². The summed E-state index contributed by atoms with van der Waals surface area (Å²) >= 11 is 5.84. The molecule has 0 aliphatic carbocycles. The average Bonchev–Trinajstić information content (AvgIpc) is 3.08. The zero-order valence-electron chi connectivity index (χ0n) is 13.5. The van der Waals surface area contributed by atoms with E-state index in [4.69, 9.17) is 11.6 Å². The molecule has 0 saturated heterocycles. The zero-order valence-corrected chi connectivity index (χ0v) is 15.1. The van der Waals surface area contributed by atoms with E-state index in [0.29, 0.717) is 5.02 Å². The van der Waals surface area contributed by atoms with Crippen LogP contribution in [0.2, 0.25) is 5.02 Å². The summed E-state index contributed by atoms with van der Waals surface area (Å²) in [6, 6.07) is 16.5. The number of hydrogen-bond acceptors (Lipinski definition) is 3. The van der Waals surface area contributed by atoms with Gasteiger partial charge >= 0.3 is 0 Å². The van der Waals surface area contributed by atoms with Crippen LogP contribution in [0.1, 0.15) is 21.6 Å². The third-order valence-corrected chi connectivity index (χ3v) is 5.81. The second-order valence-corrected chi connectivity index (χ2v) is 7.99. The Bertz CT molecular complexity index is 1000. The second-order valence-electron chi connectivity index (χ2n) is 5.73. The van der Waals surface area contributed by atoms with Crippen molar-refractivity contribution in [3.05, 3.63) is 88.7 Å². The highest BCUT2D eigenvalue weighted by Gasteiger charge is 2.22. The smallest absolute Gasteiger partial charge is 0.268 e. The molecule has 3 aromatic rings. The molecule has 0 aliphatic rings. The van der Waals surface area contributed by atoms with Gasteiger partial charge in [-0.1, -0.05) is 41.4 Å². The number of hydrogen-bond donors (Lipinski definition) is 0. The molecule has 0 amide bonds. The lowest BCUT2D eigenvalue weighted by Gasteiger charge is -2.10. The summed E-state index contributed by atoms with van der Waals surface area (Å²) in [4.78, 5) is 12.7. The Morgan fingerprint density at radius 1 is 1.00 bits per heavy atom. The molecule has 0 N–H and O–H groups in total. The highest BCUT2D eigenvalue weighted by Crippen LogP contribution is 2.19. The molecule has 0 spiro atoms. The zero-order chi connectivity index (χ0) is 18.0. The maximum Gasteiger partial charge on any atom is 0.268 e. The first-order chi connectivity index (χ1) is 11.9. The van der Waals surface area contributed by atoms with Crippen LogP contribution in [-0.4, -0.2) is 18.2 Å². The van der Waals surface area contributed by atoms with Gasteiger partial charge < -0.3 is 0 Å². The Morgan fingerprint density at radius 3 is 2.28 bits per heavy atom. The molecule has 6 heteroatoms. The van der Waals surface area contributed by atoms with Gasteiger partial charge in [-0.3, -0.25) is 4.79 Å². The molecule has 0 bridgehead atoms. The minimum absolute atomic E-state index is 0.102. The van der Waals surface area contributed by atoms with E-state index in [9.17, 15) is 13.2 Å². The maximum atomic E-state index is 12.8. The molecule has 0 atom stereocenters. The number of rotatable bonds is 5. The summed E-state index contributed by atoms with van der Waals surface area (Å²) in [5.74, 6) is -0.275. The Labute approximate surface area is 151 Å². The summed E-state index contributed by atoms with van der Waals surface area (Å²) in [7, 11) is -3.81. The van der Waals surface area contributed by atoms with Crippen molar-refractivity contribution in [2.45, 2.75) is 18.2 Å². The van der Waals surface area contributed by atoms with Gasteiger partial charge in [-0.2, -0.15) is 0 Å². The monoisotopic (exact) mass is 373 g/mol. The van der Waals surface area contributed by atoms with E-state index in [-0.39, 0.29) is 22.8 Å². The molecule has 0 aliphatic heterocycles. The third-order valence-electron chi connectivity index (χ3n) is 3.85. The quantitative estimate of drug-likeness (QED) is 0.632. The summed E-state index contributed by atoms with van der Waals surface area (Å²) in [5, 5.41) is 0.585. The van der Waals surface area contributed by atoms with Gasteiger partial charge in [-0.15, -0.1) is 0 Å². The van der Waals surface area contributed by atoms with Gasteiger partial charge in [-0.05, 0) is 48.9 Å². The fourth-order valence-corrected chi connectivity index (χ4v) is 3.98. The van der Waals surface area contributed by atoms with Crippen molar-refractivity contribution in [1.29, 1.82) is 0 Å². The van der Waals surface area contributed by atoms with E-state index in [1.54, 1.807) is 42.5 Å². The number of Topliss-reactive ketones (excluding diaryl/α,β-unsaturated/α-hetero) is 1. The van der Waals surface area contributed by atoms with Gasteiger partial charge in [0.2, 0.25) is 0 Å². The first-order valence-electron chi connectivity index (χ1n) is 7.65. The summed E-state index contributed by atoms with van der Waals surface area (Å²) in [5.41, 5.74) is 1.87. The topological polar surface area (TPSA) is 56.1 Å². The van der Waals surface area contributed by atoms with Crippen molar-refractivity contribution in [2.75, 3.05) is 0 Å². The Balaban J connectivity index is 1.93. The van der Waals surface area contributed by atoms with Gasteiger partial charge in [0.05, 0.1) is 4.90 Å². The van der Waals surface area contributed by atoms with E-state index in [2.05, 4.69) is 0 Å². The molecule has 0 saturated carbocycles. The molecule has 1 aromatic heterocycles. The van der Waals surface area contributed by atoms with Gasteiger partial charge in [0.15, 0.2) is 5.78 Å². The van der Waals surface area contributed by atoms with Crippen LogP contribution in [-0.2, 0) is 16.4 Å². The SMILES string of the molecule is Cc1ccc(S(=O)(=O)n2cccc2C(=O)Cc2ccc(Cl)cc2)cc1. The lowest BCUT2D eigenvalue weighted by molar-refractivity contribution is 0.0987. The molecule has 4 nitrogen and oxygen atoms in total. The van der Waals surface area contributed by atoms with E-state index >= 15 is 0 Å². The van der Waals surface area contributed by atoms with Crippen molar-refractivity contribution in [3.8, 4) is 0 Å².